The molecular formula is C18H21BrN2O2S. The Morgan fingerprint density at radius 2 is 2.00 bits per heavy atom. The van der Waals surface area contributed by atoms with Gasteiger partial charge in [0.25, 0.3) is 5.91 Å². The standard InChI is InChI=1S/C18H21BrN2O2S/c1-10-5-11(2)8-17(7-10)9-18(15(22)20-16(24)21-18)13-6-12(19)3-4-14(13)23-17/h3-4,6,10-11H,5,7-9H2,1-2H3,(H2,20,21,22,24). The van der Waals surface area contributed by atoms with E-state index in [0.29, 0.717) is 23.4 Å². The van der Waals surface area contributed by atoms with Crippen LogP contribution in [-0.4, -0.2) is 16.6 Å². The summed E-state index contributed by atoms with van der Waals surface area (Å²) in [5, 5.41) is 6.47. The molecule has 0 bridgehead atoms. The summed E-state index contributed by atoms with van der Waals surface area (Å²) in [6, 6.07) is 5.90. The molecule has 3 atom stereocenters. The number of amides is 1. The molecule has 1 aromatic rings. The van der Waals surface area contributed by atoms with Crippen LogP contribution in [0.1, 0.15) is 45.1 Å². The van der Waals surface area contributed by atoms with Gasteiger partial charge in [0.05, 0.1) is 0 Å². The number of ether oxygens (including phenoxy) is 1. The predicted molar refractivity (Wildman–Crippen MR) is 99.9 cm³/mol. The van der Waals surface area contributed by atoms with Crippen LogP contribution in [0.5, 0.6) is 5.75 Å². The summed E-state index contributed by atoms with van der Waals surface area (Å²) >= 11 is 8.77. The molecule has 1 aliphatic carbocycles. The highest BCUT2D eigenvalue weighted by atomic mass is 79.9. The lowest BCUT2D eigenvalue weighted by Gasteiger charge is -2.50. The Balaban J connectivity index is 1.86. The first-order chi connectivity index (χ1) is 11.3. The molecular weight excluding hydrogens is 388 g/mol. The Bertz CT molecular complexity index is 728. The van der Waals surface area contributed by atoms with Crippen LogP contribution in [0.3, 0.4) is 0 Å². The van der Waals surface area contributed by atoms with Crippen molar-refractivity contribution in [3.63, 3.8) is 0 Å². The van der Waals surface area contributed by atoms with Crippen molar-refractivity contribution >= 4 is 39.2 Å². The normalized spacial score (nSPS) is 37.8. The van der Waals surface area contributed by atoms with Gasteiger partial charge in [0.1, 0.15) is 11.4 Å². The van der Waals surface area contributed by atoms with E-state index in [1.54, 1.807) is 0 Å². The third kappa shape index (κ3) is 2.46. The average molecular weight is 409 g/mol. The number of hydrogen-bond donors (Lipinski definition) is 2. The fourth-order valence-electron chi connectivity index (χ4n) is 5.01. The highest BCUT2D eigenvalue weighted by Crippen LogP contribution is 2.52. The van der Waals surface area contributed by atoms with Crippen molar-refractivity contribution in [2.75, 3.05) is 0 Å². The number of rotatable bonds is 0. The molecule has 0 aromatic heterocycles. The Morgan fingerprint density at radius 1 is 1.29 bits per heavy atom. The molecule has 2 fully saturated rings. The largest absolute Gasteiger partial charge is 0.487 e. The highest BCUT2D eigenvalue weighted by molar-refractivity contribution is 9.10. The first kappa shape index (κ1) is 16.3. The van der Waals surface area contributed by atoms with E-state index in [4.69, 9.17) is 17.0 Å². The van der Waals surface area contributed by atoms with Crippen LogP contribution < -0.4 is 15.4 Å². The number of carbonyl (C=O) groups excluding carboxylic acids is 1. The molecule has 6 heteroatoms. The van der Waals surface area contributed by atoms with Crippen LogP contribution in [0.4, 0.5) is 0 Å². The zero-order chi connectivity index (χ0) is 17.1. The average Bonchev–Trinajstić information content (AvgIpc) is 2.73. The molecule has 3 unspecified atom stereocenters. The monoisotopic (exact) mass is 408 g/mol. The second kappa shape index (κ2) is 5.43. The molecule has 2 N–H and O–H groups in total. The van der Waals surface area contributed by atoms with E-state index < -0.39 is 5.54 Å². The SMILES string of the molecule is CC1CC(C)CC2(C1)CC1(NC(=S)NC1=O)c1cc(Br)ccc1O2. The molecule has 3 aliphatic rings. The van der Waals surface area contributed by atoms with Gasteiger partial charge in [0.2, 0.25) is 0 Å². The number of halogens is 1. The van der Waals surface area contributed by atoms with Crippen LogP contribution in [0, 0.1) is 11.8 Å². The smallest absolute Gasteiger partial charge is 0.256 e. The van der Waals surface area contributed by atoms with E-state index in [1.807, 2.05) is 18.2 Å². The lowest BCUT2D eigenvalue weighted by atomic mass is 9.66. The van der Waals surface area contributed by atoms with Gasteiger partial charge < -0.3 is 15.4 Å². The molecule has 2 heterocycles. The first-order valence-corrected chi connectivity index (χ1v) is 9.65. The van der Waals surface area contributed by atoms with E-state index in [0.717, 1.165) is 28.6 Å². The molecule has 1 saturated carbocycles. The Labute approximate surface area is 155 Å². The van der Waals surface area contributed by atoms with Crippen LogP contribution >= 0.6 is 28.1 Å². The van der Waals surface area contributed by atoms with E-state index in [9.17, 15) is 4.79 Å². The third-order valence-electron chi connectivity index (χ3n) is 5.50. The van der Waals surface area contributed by atoms with Crippen LogP contribution in [0.15, 0.2) is 22.7 Å². The van der Waals surface area contributed by atoms with Crippen molar-refractivity contribution in [3.05, 3.63) is 28.2 Å². The summed E-state index contributed by atoms with van der Waals surface area (Å²) in [4.78, 5) is 12.9. The van der Waals surface area contributed by atoms with Crippen molar-refractivity contribution in [1.29, 1.82) is 0 Å². The predicted octanol–water partition coefficient (Wildman–Crippen LogP) is 3.63. The van der Waals surface area contributed by atoms with Crippen molar-refractivity contribution in [2.24, 2.45) is 11.8 Å². The Kier molecular flexibility index (Phi) is 3.69. The van der Waals surface area contributed by atoms with Gasteiger partial charge in [-0.3, -0.25) is 4.79 Å². The minimum Gasteiger partial charge on any atom is -0.487 e. The summed E-state index contributed by atoms with van der Waals surface area (Å²) in [5.74, 6) is 1.89. The number of carbonyl (C=O) groups is 1. The van der Waals surface area contributed by atoms with Crippen LogP contribution in [0.2, 0.25) is 0 Å². The van der Waals surface area contributed by atoms with Crippen molar-refractivity contribution in [3.8, 4) is 5.75 Å². The Hall–Kier alpha value is -1.14. The zero-order valence-corrected chi connectivity index (χ0v) is 16.2. The number of thiocarbonyl (C=S) groups is 1. The zero-order valence-electron chi connectivity index (χ0n) is 13.8. The lowest BCUT2D eigenvalue weighted by molar-refractivity contribution is -0.130. The molecule has 0 radical (unpaired) electrons. The number of nitrogens with one attached hydrogen (secondary N) is 2. The van der Waals surface area contributed by atoms with E-state index >= 15 is 0 Å². The van der Waals surface area contributed by atoms with Crippen molar-refractivity contribution in [2.45, 2.75) is 50.7 Å². The number of benzene rings is 1. The second-order valence-electron chi connectivity index (χ2n) is 7.77. The molecule has 2 spiro atoms. The summed E-state index contributed by atoms with van der Waals surface area (Å²) in [6.45, 7) is 4.55. The molecule has 1 saturated heterocycles. The summed E-state index contributed by atoms with van der Waals surface area (Å²) in [6.07, 6.45) is 3.76. The minimum absolute atomic E-state index is 0.0691. The van der Waals surface area contributed by atoms with Crippen LogP contribution in [-0.2, 0) is 10.3 Å². The minimum atomic E-state index is -0.828. The van der Waals surface area contributed by atoms with Gasteiger partial charge in [0.15, 0.2) is 10.7 Å². The van der Waals surface area contributed by atoms with Crippen LogP contribution in [0.25, 0.3) is 0 Å². The first-order valence-electron chi connectivity index (χ1n) is 8.45. The fraction of sp³-hybridized carbons (Fsp3) is 0.556. The Morgan fingerprint density at radius 3 is 2.62 bits per heavy atom. The molecule has 1 amide bonds. The summed E-state index contributed by atoms with van der Waals surface area (Å²) in [7, 11) is 0. The summed E-state index contributed by atoms with van der Waals surface area (Å²) in [5.41, 5.74) is -0.279. The second-order valence-corrected chi connectivity index (χ2v) is 9.09. The van der Waals surface area contributed by atoms with Gasteiger partial charge in [-0.15, -0.1) is 0 Å². The van der Waals surface area contributed by atoms with Gasteiger partial charge >= 0.3 is 0 Å². The molecule has 2 aliphatic heterocycles. The van der Waals surface area contributed by atoms with E-state index in [1.165, 1.54) is 6.42 Å². The van der Waals surface area contributed by atoms with Crippen molar-refractivity contribution in [1.82, 2.24) is 10.6 Å². The van der Waals surface area contributed by atoms with Gasteiger partial charge in [-0.2, -0.15) is 0 Å². The maximum Gasteiger partial charge on any atom is 0.256 e. The highest BCUT2D eigenvalue weighted by Gasteiger charge is 2.58. The van der Waals surface area contributed by atoms with E-state index in [-0.39, 0.29) is 11.5 Å². The fourth-order valence-corrected chi connectivity index (χ4v) is 5.64. The van der Waals surface area contributed by atoms with E-state index in [2.05, 4.69) is 40.4 Å². The number of fused-ring (bicyclic) bond motifs is 2. The molecule has 128 valence electrons. The quantitative estimate of drug-likeness (QED) is 0.643. The van der Waals surface area contributed by atoms with Gasteiger partial charge in [0, 0.05) is 16.5 Å². The third-order valence-corrected chi connectivity index (χ3v) is 6.20. The van der Waals surface area contributed by atoms with Gasteiger partial charge in [-0.05, 0) is 61.5 Å². The van der Waals surface area contributed by atoms with Gasteiger partial charge in [-0.25, -0.2) is 0 Å². The maximum atomic E-state index is 12.9. The van der Waals surface area contributed by atoms with Gasteiger partial charge in [-0.1, -0.05) is 29.8 Å². The maximum absolute atomic E-state index is 12.9. The van der Waals surface area contributed by atoms with Crippen molar-refractivity contribution < 1.29 is 9.53 Å². The molecule has 1 aromatic carbocycles. The molecule has 4 nitrogen and oxygen atoms in total. The number of hydrogen-bond acceptors (Lipinski definition) is 3. The molecule has 24 heavy (non-hydrogen) atoms. The molecule has 4 rings (SSSR count). The summed E-state index contributed by atoms with van der Waals surface area (Å²) < 4.78 is 7.47. The topological polar surface area (TPSA) is 50.4 Å². The lowest BCUT2D eigenvalue weighted by Crippen LogP contribution is -2.57.